The van der Waals surface area contributed by atoms with Crippen LogP contribution in [0.25, 0.3) is 0 Å². The normalized spacial score (nSPS) is 25.6. The zero-order valence-electron chi connectivity index (χ0n) is 7.00. The number of likely N-dealkylation sites (tertiary alicyclic amines) is 1. The van der Waals surface area contributed by atoms with Crippen LogP contribution >= 0.6 is 22.6 Å². The Balaban J connectivity index is 2.30. The molecule has 0 saturated carbocycles. The zero-order chi connectivity index (χ0) is 8.97. The first-order valence-corrected chi connectivity index (χ1v) is 5.75. The molecule has 0 unspecified atom stereocenters. The molecule has 0 aromatic heterocycles. The minimum atomic E-state index is -0.705. The van der Waals surface area contributed by atoms with E-state index < -0.39 is 5.97 Å². The largest absolute Gasteiger partial charge is 0.480 e. The lowest BCUT2D eigenvalue weighted by Crippen LogP contribution is -2.39. The summed E-state index contributed by atoms with van der Waals surface area (Å²) in [4.78, 5) is 12.5. The maximum Gasteiger partial charge on any atom is 0.317 e. The van der Waals surface area contributed by atoms with Gasteiger partial charge in [-0.25, -0.2) is 0 Å². The number of nitrogens with zero attached hydrogens (tertiary/aromatic N) is 1. The molecule has 1 atom stereocenters. The Morgan fingerprint density at radius 3 is 3.00 bits per heavy atom. The third-order valence-electron chi connectivity index (χ3n) is 2.18. The van der Waals surface area contributed by atoms with Gasteiger partial charge in [0.1, 0.15) is 0 Å². The molecule has 1 saturated heterocycles. The van der Waals surface area contributed by atoms with Crippen LogP contribution in [-0.4, -0.2) is 40.0 Å². The van der Waals surface area contributed by atoms with E-state index in [2.05, 4.69) is 22.6 Å². The molecule has 0 aliphatic carbocycles. The van der Waals surface area contributed by atoms with Gasteiger partial charge in [-0.15, -0.1) is 0 Å². The molecule has 0 aromatic rings. The molecule has 4 heteroatoms. The Morgan fingerprint density at radius 1 is 1.67 bits per heavy atom. The summed E-state index contributed by atoms with van der Waals surface area (Å²) >= 11 is 2.38. The Labute approximate surface area is 86.3 Å². The van der Waals surface area contributed by atoms with Gasteiger partial charge >= 0.3 is 5.97 Å². The van der Waals surface area contributed by atoms with Gasteiger partial charge in [-0.3, -0.25) is 9.69 Å². The van der Waals surface area contributed by atoms with E-state index in [0.717, 1.165) is 23.9 Å². The number of hydrogen-bond donors (Lipinski definition) is 1. The highest BCUT2D eigenvalue weighted by molar-refractivity contribution is 14.1. The van der Waals surface area contributed by atoms with Crippen molar-refractivity contribution in [2.45, 2.75) is 12.8 Å². The van der Waals surface area contributed by atoms with Crippen molar-refractivity contribution in [3.63, 3.8) is 0 Å². The minimum Gasteiger partial charge on any atom is -0.480 e. The summed E-state index contributed by atoms with van der Waals surface area (Å²) in [6.45, 7) is 2.14. The van der Waals surface area contributed by atoms with Crippen molar-refractivity contribution >= 4 is 28.6 Å². The molecule has 1 aliphatic heterocycles. The van der Waals surface area contributed by atoms with Crippen LogP contribution in [0, 0.1) is 5.92 Å². The van der Waals surface area contributed by atoms with Crippen LogP contribution in [0.1, 0.15) is 12.8 Å². The van der Waals surface area contributed by atoms with Gasteiger partial charge in [0.05, 0.1) is 6.54 Å². The molecular formula is C8H14INO2. The fourth-order valence-corrected chi connectivity index (χ4v) is 2.33. The number of rotatable bonds is 3. The maximum atomic E-state index is 10.4. The Morgan fingerprint density at radius 2 is 2.42 bits per heavy atom. The van der Waals surface area contributed by atoms with E-state index in [4.69, 9.17) is 5.11 Å². The summed E-state index contributed by atoms with van der Waals surface area (Å²) in [5.74, 6) is 0.00260. The van der Waals surface area contributed by atoms with Crippen LogP contribution in [0.3, 0.4) is 0 Å². The quantitative estimate of drug-likeness (QED) is 0.625. The summed E-state index contributed by atoms with van der Waals surface area (Å²) in [6.07, 6.45) is 2.42. The van der Waals surface area contributed by atoms with E-state index in [0.29, 0.717) is 5.92 Å². The number of carboxylic acid groups (broad SMARTS) is 1. The van der Waals surface area contributed by atoms with Crippen LogP contribution < -0.4 is 0 Å². The SMILES string of the molecule is O=C(O)CN1CCC[C@H](CI)C1. The molecule has 0 bridgehead atoms. The summed E-state index contributed by atoms with van der Waals surface area (Å²) in [5, 5.41) is 8.58. The highest BCUT2D eigenvalue weighted by Gasteiger charge is 2.19. The average molecular weight is 283 g/mol. The second-order valence-electron chi connectivity index (χ2n) is 3.29. The number of hydrogen-bond acceptors (Lipinski definition) is 2. The van der Waals surface area contributed by atoms with Crippen LogP contribution in [0.15, 0.2) is 0 Å². The zero-order valence-corrected chi connectivity index (χ0v) is 9.16. The van der Waals surface area contributed by atoms with Crippen molar-refractivity contribution in [3.05, 3.63) is 0 Å². The second kappa shape index (κ2) is 5.01. The predicted octanol–water partition coefficient (Wildman–Crippen LogP) is 1.22. The van der Waals surface area contributed by atoms with Crippen molar-refractivity contribution in [1.29, 1.82) is 0 Å². The monoisotopic (exact) mass is 283 g/mol. The lowest BCUT2D eigenvalue weighted by molar-refractivity contribution is -0.138. The molecular weight excluding hydrogens is 269 g/mol. The molecule has 0 radical (unpaired) electrons. The molecule has 1 fully saturated rings. The molecule has 3 nitrogen and oxygen atoms in total. The van der Waals surface area contributed by atoms with Gasteiger partial charge in [0.2, 0.25) is 0 Å². The van der Waals surface area contributed by atoms with Crippen molar-refractivity contribution in [2.24, 2.45) is 5.92 Å². The molecule has 1 rings (SSSR count). The average Bonchev–Trinajstić information content (AvgIpc) is 2.03. The number of halogens is 1. The standard InChI is InChI=1S/C8H14INO2/c9-4-7-2-1-3-10(5-7)6-8(11)12/h7H,1-6H2,(H,11,12)/t7-/m1/s1. The van der Waals surface area contributed by atoms with Crippen molar-refractivity contribution < 1.29 is 9.90 Å². The van der Waals surface area contributed by atoms with Crippen LogP contribution in [0.5, 0.6) is 0 Å². The number of alkyl halides is 1. The first-order chi connectivity index (χ1) is 5.72. The lowest BCUT2D eigenvalue weighted by Gasteiger charge is -2.30. The third-order valence-corrected chi connectivity index (χ3v) is 3.43. The van der Waals surface area contributed by atoms with E-state index in [1.807, 2.05) is 4.90 Å². The van der Waals surface area contributed by atoms with E-state index in [9.17, 15) is 4.79 Å². The van der Waals surface area contributed by atoms with Crippen LogP contribution in [0.4, 0.5) is 0 Å². The topological polar surface area (TPSA) is 40.5 Å². The van der Waals surface area contributed by atoms with E-state index in [1.165, 1.54) is 6.42 Å². The van der Waals surface area contributed by atoms with E-state index in [-0.39, 0.29) is 6.54 Å². The fraction of sp³-hybridized carbons (Fsp3) is 0.875. The summed E-state index contributed by atoms with van der Waals surface area (Å²) in [7, 11) is 0. The fourth-order valence-electron chi connectivity index (χ4n) is 1.61. The first kappa shape index (κ1) is 10.2. The smallest absolute Gasteiger partial charge is 0.317 e. The lowest BCUT2D eigenvalue weighted by atomic mass is 10.0. The molecule has 70 valence electrons. The minimum absolute atomic E-state index is 0.215. The maximum absolute atomic E-state index is 10.4. The Bertz CT molecular complexity index is 163. The number of carboxylic acids is 1. The van der Waals surface area contributed by atoms with Gasteiger partial charge in [0.25, 0.3) is 0 Å². The Hall–Kier alpha value is 0.160. The van der Waals surface area contributed by atoms with Crippen LogP contribution in [0.2, 0.25) is 0 Å². The molecule has 1 heterocycles. The van der Waals surface area contributed by atoms with Gasteiger partial charge in [0, 0.05) is 11.0 Å². The van der Waals surface area contributed by atoms with Gasteiger partial charge in [0.15, 0.2) is 0 Å². The van der Waals surface area contributed by atoms with Gasteiger partial charge < -0.3 is 5.11 Å². The number of carbonyl (C=O) groups is 1. The van der Waals surface area contributed by atoms with Gasteiger partial charge in [-0.2, -0.15) is 0 Å². The van der Waals surface area contributed by atoms with Crippen molar-refractivity contribution in [3.8, 4) is 0 Å². The third kappa shape index (κ3) is 3.26. The van der Waals surface area contributed by atoms with Crippen LogP contribution in [-0.2, 0) is 4.79 Å². The van der Waals surface area contributed by atoms with Gasteiger partial charge in [-0.1, -0.05) is 22.6 Å². The van der Waals surface area contributed by atoms with E-state index in [1.54, 1.807) is 0 Å². The first-order valence-electron chi connectivity index (χ1n) is 4.22. The Kier molecular flexibility index (Phi) is 4.28. The van der Waals surface area contributed by atoms with Crippen molar-refractivity contribution in [1.82, 2.24) is 4.90 Å². The highest BCUT2D eigenvalue weighted by Crippen LogP contribution is 2.17. The molecule has 0 aromatic carbocycles. The molecule has 1 aliphatic rings. The summed E-state index contributed by atoms with van der Waals surface area (Å²) < 4.78 is 1.15. The second-order valence-corrected chi connectivity index (χ2v) is 4.17. The molecule has 0 amide bonds. The summed E-state index contributed by atoms with van der Waals surface area (Å²) in [6, 6.07) is 0. The predicted molar refractivity (Wildman–Crippen MR) is 55.7 cm³/mol. The highest BCUT2D eigenvalue weighted by atomic mass is 127. The molecule has 0 spiro atoms. The van der Waals surface area contributed by atoms with Gasteiger partial charge in [-0.05, 0) is 25.3 Å². The number of piperidine rings is 1. The van der Waals surface area contributed by atoms with Crippen molar-refractivity contribution in [2.75, 3.05) is 24.1 Å². The number of aliphatic carboxylic acids is 1. The summed E-state index contributed by atoms with van der Waals surface area (Å²) in [5.41, 5.74) is 0. The molecule has 1 N–H and O–H groups in total. The van der Waals surface area contributed by atoms with E-state index >= 15 is 0 Å². The molecule has 12 heavy (non-hydrogen) atoms.